The lowest BCUT2D eigenvalue weighted by atomic mass is 9.94. The summed E-state index contributed by atoms with van der Waals surface area (Å²) in [4.78, 5) is 14.7. The van der Waals surface area contributed by atoms with E-state index >= 15 is 0 Å². The Balaban J connectivity index is 1.82. The van der Waals surface area contributed by atoms with E-state index in [4.69, 9.17) is 5.73 Å². The number of amides is 1. The molecule has 0 aliphatic rings. The van der Waals surface area contributed by atoms with Gasteiger partial charge in [0.1, 0.15) is 0 Å². The molecule has 0 aliphatic heterocycles. The molecule has 2 aromatic rings. The van der Waals surface area contributed by atoms with Crippen molar-refractivity contribution in [2.24, 2.45) is 11.7 Å². The molecule has 0 bridgehead atoms. The molecular formula is C21H29N3O. The fourth-order valence-electron chi connectivity index (χ4n) is 2.97. The summed E-state index contributed by atoms with van der Waals surface area (Å²) in [6, 6.07) is 19.9. The normalized spacial score (nSPS) is 14.8. The van der Waals surface area contributed by atoms with Crippen LogP contribution in [0.1, 0.15) is 31.0 Å². The Morgan fingerprint density at radius 2 is 1.60 bits per heavy atom. The second kappa shape index (κ2) is 9.35. The largest absolute Gasteiger partial charge is 0.352 e. The molecule has 0 aliphatic carbocycles. The van der Waals surface area contributed by atoms with Gasteiger partial charge in [-0.1, -0.05) is 67.6 Å². The molecule has 4 nitrogen and oxygen atoms in total. The molecule has 0 aromatic heterocycles. The SMILES string of the molecule is CC(CN(C)Cc1ccccc1)NC(=O)C(C)C(N)c1ccccc1. The van der Waals surface area contributed by atoms with E-state index < -0.39 is 0 Å². The second-order valence-electron chi connectivity index (χ2n) is 6.82. The standard InChI is InChI=1S/C21H29N3O/c1-16(14-24(3)15-18-10-6-4-7-11-18)23-21(25)17(2)20(22)19-12-8-5-9-13-19/h4-13,16-17,20H,14-15,22H2,1-3H3,(H,23,25). The Morgan fingerprint density at radius 3 is 2.20 bits per heavy atom. The van der Waals surface area contributed by atoms with Crippen LogP contribution in [0.15, 0.2) is 60.7 Å². The Morgan fingerprint density at radius 1 is 1.04 bits per heavy atom. The number of nitrogens with one attached hydrogen (secondary N) is 1. The average molecular weight is 339 g/mol. The summed E-state index contributed by atoms with van der Waals surface area (Å²) in [6.07, 6.45) is 0. The lowest BCUT2D eigenvalue weighted by molar-refractivity contribution is -0.125. The van der Waals surface area contributed by atoms with Crippen LogP contribution in [-0.4, -0.2) is 30.4 Å². The molecular weight excluding hydrogens is 310 g/mol. The van der Waals surface area contributed by atoms with Crippen LogP contribution >= 0.6 is 0 Å². The first-order valence-electron chi connectivity index (χ1n) is 8.80. The van der Waals surface area contributed by atoms with Crippen molar-refractivity contribution in [2.75, 3.05) is 13.6 Å². The first-order chi connectivity index (χ1) is 12.0. The summed E-state index contributed by atoms with van der Waals surface area (Å²) in [5.74, 6) is -0.277. The van der Waals surface area contributed by atoms with Gasteiger partial charge in [-0.3, -0.25) is 4.79 Å². The number of nitrogens with zero attached hydrogens (tertiary/aromatic N) is 1. The fourth-order valence-corrected chi connectivity index (χ4v) is 2.97. The maximum atomic E-state index is 12.5. The molecule has 0 fully saturated rings. The highest BCUT2D eigenvalue weighted by Gasteiger charge is 2.23. The van der Waals surface area contributed by atoms with Crippen LogP contribution in [0.5, 0.6) is 0 Å². The molecule has 0 heterocycles. The third-order valence-corrected chi connectivity index (χ3v) is 4.41. The first kappa shape index (κ1) is 19.2. The molecule has 0 saturated carbocycles. The van der Waals surface area contributed by atoms with Crippen molar-refractivity contribution < 1.29 is 4.79 Å². The summed E-state index contributed by atoms with van der Waals surface area (Å²) in [6.45, 7) is 5.56. The van der Waals surface area contributed by atoms with Crippen LogP contribution in [0.2, 0.25) is 0 Å². The van der Waals surface area contributed by atoms with Gasteiger partial charge in [-0.15, -0.1) is 0 Å². The quantitative estimate of drug-likeness (QED) is 0.777. The van der Waals surface area contributed by atoms with Crippen molar-refractivity contribution in [3.8, 4) is 0 Å². The molecule has 0 spiro atoms. The Labute approximate surface area is 151 Å². The Bertz CT molecular complexity index is 645. The smallest absolute Gasteiger partial charge is 0.224 e. The summed E-state index contributed by atoms with van der Waals surface area (Å²) < 4.78 is 0. The highest BCUT2D eigenvalue weighted by Crippen LogP contribution is 2.19. The molecule has 1 amide bonds. The zero-order valence-electron chi connectivity index (χ0n) is 15.4. The number of carbonyl (C=O) groups is 1. The lowest BCUT2D eigenvalue weighted by Gasteiger charge is -2.25. The number of hydrogen-bond acceptors (Lipinski definition) is 3. The van der Waals surface area contributed by atoms with Crippen LogP contribution in [0.4, 0.5) is 0 Å². The summed E-state index contributed by atoms with van der Waals surface area (Å²) in [5.41, 5.74) is 8.50. The van der Waals surface area contributed by atoms with Crippen LogP contribution in [-0.2, 0) is 11.3 Å². The van der Waals surface area contributed by atoms with Crippen molar-refractivity contribution >= 4 is 5.91 Å². The summed E-state index contributed by atoms with van der Waals surface area (Å²) >= 11 is 0. The molecule has 3 unspecified atom stereocenters. The van der Waals surface area contributed by atoms with Crippen molar-refractivity contribution in [3.05, 3.63) is 71.8 Å². The number of benzene rings is 2. The van der Waals surface area contributed by atoms with E-state index in [1.807, 2.05) is 62.4 Å². The molecule has 0 radical (unpaired) electrons. The highest BCUT2D eigenvalue weighted by molar-refractivity contribution is 5.79. The first-order valence-corrected chi connectivity index (χ1v) is 8.80. The van der Waals surface area contributed by atoms with Crippen molar-refractivity contribution in [3.63, 3.8) is 0 Å². The summed E-state index contributed by atoms with van der Waals surface area (Å²) in [7, 11) is 2.06. The molecule has 3 N–H and O–H groups in total. The van der Waals surface area contributed by atoms with Crippen LogP contribution in [0.3, 0.4) is 0 Å². The van der Waals surface area contributed by atoms with Gasteiger partial charge in [0, 0.05) is 25.2 Å². The maximum absolute atomic E-state index is 12.5. The van der Waals surface area contributed by atoms with Crippen LogP contribution in [0, 0.1) is 5.92 Å². The Kier molecular flexibility index (Phi) is 7.16. The van der Waals surface area contributed by atoms with Gasteiger partial charge < -0.3 is 16.0 Å². The molecule has 25 heavy (non-hydrogen) atoms. The lowest BCUT2D eigenvalue weighted by Crippen LogP contribution is -2.44. The van der Waals surface area contributed by atoms with Gasteiger partial charge in [-0.2, -0.15) is 0 Å². The predicted molar refractivity (Wildman–Crippen MR) is 103 cm³/mol. The minimum absolute atomic E-state index is 0.00281. The van der Waals surface area contributed by atoms with E-state index in [9.17, 15) is 4.79 Å². The van der Waals surface area contributed by atoms with E-state index in [0.29, 0.717) is 0 Å². The number of rotatable bonds is 8. The van der Waals surface area contributed by atoms with Crippen molar-refractivity contribution in [2.45, 2.75) is 32.5 Å². The molecule has 2 aromatic carbocycles. The minimum atomic E-state index is -0.296. The number of hydrogen-bond donors (Lipinski definition) is 2. The Hall–Kier alpha value is -2.17. The zero-order chi connectivity index (χ0) is 18.2. The molecule has 3 atom stereocenters. The van der Waals surface area contributed by atoms with Crippen molar-refractivity contribution in [1.29, 1.82) is 0 Å². The minimum Gasteiger partial charge on any atom is -0.352 e. The van der Waals surface area contributed by atoms with Gasteiger partial charge >= 0.3 is 0 Å². The monoisotopic (exact) mass is 339 g/mol. The van der Waals surface area contributed by atoms with Crippen LogP contribution < -0.4 is 11.1 Å². The van der Waals surface area contributed by atoms with Gasteiger partial charge in [-0.05, 0) is 25.1 Å². The average Bonchev–Trinajstić information content (AvgIpc) is 2.61. The molecule has 0 saturated heterocycles. The van der Waals surface area contributed by atoms with Crippen LogP contribution in [0.25, 0.3) is 0 Å². The van der Waals surface area contributed by atoms with Gasteiger partial charge in [0.2, 0.25) is 5.91 Å². The summed E-state index contributed by atoms with van der Waals surface area (Å²) in [5, 5.41) is 3.09. The highest BCUT2D eigenvalue weighted by atomic mass is 16.2. The maximum Gasteiger partial charge on any atom is 0.224 e. The zero-order valence-corrected chi connectivity index (χ0v) is 15.4. The number of likely N-dealkylation sites (N-methyl/N-ethyl adjacent to an activating group) is 1. The van der Waals surface area contributed by atoms with E-state index in [2.05, 4.69) is 29.4 Å². The predicted octanol–water partition coefficient (Wildman–Crippen LogP) is 2.96. The third-order valence-electron chi connectivity index (χ3n) is 4.41. The van der Waals surface area contributed by atoms with E-state index in [-0.39, 0.29) is 23.9 Å². The second-order valence-corrected chi connectivity index (χ2v) is 6.82. The van der Waals surface area contributed by atoms with Gasteiger partial charge in [0.25, 0.3) is 0 Å². The topological polar surface area (TPSA) is 58.4 Å². The van der Waals surface area contributed by atoms with E-state index in [1.54, 1.807) is 0 Å². The van der Waals surface area contributed by atoms with Gasteiger partial charge in [0.15, 0.2) is 0 Å². The number of carbonyl (C=O) groups excluding carboxylic acids is 1. The number of nitrogens with two attached hydrogens (primary N) is 1. The molecule has 4 heteroatoms. The van der Waals surface area contributed by atoms with Crippen molar-refractivity contribution in [1.82, 2.24) is 10.2 Å². The van der Waals surface area contributed by atoms with Gasteiger partial charge in [0.05, 0.1) is 5.92 Å². The molecule has 2 rings (SSSR count). The van der Waals surface area contributed by atoms with E-state index in [0.717, 1.165) is 18.7 Å². The third kappa shape index (κ3) is 6.00. The van der Waals surface area contributed by atoms with Gasteiger partial charge in [-0.25, -0.2) is 0 Å². The van der Waals surface area contributed by atoms with E-state index in [1.165, 1.54) is 5.56 Å². The molecule has 134 valence electrons. The fraction of sp³-hybridized carbons (Fsp3) is 0.381.